The lowest BCUT2D eigenvalue weighted by molar-refractivity contribution is -0.143. The third kappa shape index (κ3) is 6.57. The summed E-state index contributed by atoms with van der Waals surface area (Å²) in [6.07, 6.45) is -0.885. The van der Waals surface area contributed by atoms with Gasteiger partial charge in [-0.25, -0.2) is 4.79 Å². The SMILES string of the molecule is CC(C)N(C(=O)[C@H](C)OC(=O)c1ccccc1SCC(=O)N(C)C)C(C)C. The molecule has 150 valence electrons. The number of carbonyl (C=O) groups is 3. The van der Waals surface area contributed by atoms with E-state index in [4.69, 9.17) is 4.74 Å². The van der Waals surface area contributed by atoms with E-state index in [1.165, 1.54) is 16.7 Å². The Kier molecular flexibility index (Phi) is 8.82. The molecule has 0 saturated heterocycles. The number of thioether (sulfide) groups is 1. The second-order valence-corrected chi connectivity index (χ2v) is 8.07. The second kappa shape index (κ2) is 10.3. The Hall–Kier alpha value is -2.02. The van der Waals surface area contributed by atoms with Gasteiger partial charge in [0, 0.05) is 31.1 Å². The maximum atomic E-state index is 12.7. The van der Waals surface area contributed by atoms with Gasteiger partial charge < -0.3 is 14.5 Å². The van der Waals surface area contributed by atoms with Gasteiger partial charge in [0.1, 0.15) is 0 Å². The number of carbonyl (C=O) groups excluding carboxylic acids is 3. The molecule has 1 rings (SSSR count). The molecular weight excluding hydrogens is 364 g/mol. The summed E-state index contributed by atoms with van der Waals surface area (Å²) < 4.78 is 5.44. The van der Waals surface area contributed by atoms with Crippen molar-refractivity contribution in [2.24, 2.45) is 0 Å². The standard InChI is InChI=1S/C20H30N2O4S/c1-13(2)22(14(3)4)19(24)15(5)26-20(25)16-10-8-9-11-17(16)27-12-18(23)21(6)7/h8-11,13-15H,12H2,1-7H3/t15-/m0/s1. The van der Waals surface area contributed by atoms with Crippen LogP contribution in [0.4, 0.5) is 0 Å². The van der Waals surface area contributed by atoms with E-state index in [0.717, 1.165) is 0 Å². The topological polar surface area (TPSA) is 66.9 Å². The molecule has 0 saturated carbocycles. The van der Waals surface area contributed by atoms with E-state index in [-0.39, 0.29) is 29.7 Å². The average Bonchev–Trinajstić information content (AvgIpc) is 2.58. The summed E-state index contributed by atoms with van der Waals surface area (Å²) in [5.74, 6) is -0.610. The van der Waals surface area contributed by atoms with Gasteiger partial charge in [-0.3, -0.25) is 9.59 Å². The van der Waals surface area contributed by atoms with Gasteiger partial charge in [0.2, 0.25) is 5.91 Å². The van der Waals surface area contributed by atoms with Crippen LogP contribution in [-0.4, -0.2) is 65.6 Å². The Balaban J connectivity index is 2.88. The number of nitrogens with zero attached hydrogens (tertiary/aromatic N) is 2. The third-order valence-electron chi connectivity index (χ3n) is 3.96. The summed E-state index contributed by atoms with van der Waals surface area (Å²) in [7, 11) is 3.37. The lowest BCUT2D eigenvalue weighted by atomic mass is 10.2. The number of amides is 2. The molecule has 0 fully saturated rings. The number of esters is 1. The molecule has 0 unspecified atom stereocenters. The number of hydrogen-bond donors (Lipinski definition) is 0. The number of rotatable bonds is 8. The van der Waals surface area contributed by atoms with E-state index in [1.54, 1.807) is 50.2 Å². The van der Waals surface area contributed by atoms with Gasteiger partial charge in [-0.15, -0.1) is 11.8 Å². The summed E-state index contributed by atoms with van der Waals surface area (Å²) in [6, 6.07) is 6.97. The predicted octanol–water partition coefficient (Wildman–Crippen LogP) is 3.06. The molecule has 27 heavy (non-hydrogen) atoms. The van der Waals surface area contributed by atoms with E-state index in [1.807, 2.05) is 27.7 Å². The van der Waals surface area contributed by atoms with Crippen LogP contribution in [0.3, 0.4) is 0 Å². The molecule has 7 heteroatoms. The van der Waals surface area contributed by atoms with Crippen LogP contribution >= 0.6 is 11.8 Å². The maximum Gasteiger partial charge on any atom is 0.340 e. The Morgan fingerprint density at radius 3 is 2.07 bits per heavy atom. The normalized spacial score (nSPS) is 12.0. The molecule has 0 radical (unpaired) electrons. The van der Waals surface area contributed by atoms with Crippen molar-refractivity contribution in [3.05, 3.63) is 29.8 Å². The molecule has 1 atom stereocenters. The zero-order chi connectivity index (χ0) is 20.7. The quantitative estimate of drug-likeness (QED) is 0.501. The van der Waals surface area contributed by atoms with Crippen LogP contribution in [0.2, 0.25) is 0 Å². The zero-order valence-electron chi connectivity index (χ0n) is 17.2. The van der Waals surface area contributed by atoms with E-state index in [2.05, 4.69) is 0 Å². The third-order valence-corrected chi connectivity index (χ3v) is 5.01. The molecule has 1 aromatic carbocycles. The second-order valence-electron chi connectivity index (χ2n) is 7.05. The lowest BCUT2D eigenvalue weighted by Gasteiger charge is -2.32. The van der Waals surface area contributed by atoms with Crippen molar-refractivity contribution in [3.63, 3.8) is 0 Å². The summed E-state index contributed by atoms with van der Waals surface area (Å²) in [5, 5.41) is 0. The molecule has 1 aromatic rings. The Morgan fingerprint density at radius 1 is 1.00 bits per heavy atom. The Morgan fingerprint density at radius 2 is 1.56 bits per heavy atom. The van der Waals surface area contributed by atoms with Gasteiger partial charge >= 0.3 is 5.97 Å². The van der Waals surface area contributed by atoms with Crippen LogP contribution in [0, 0.1) is 0 Å². The van der Waals surface area contributed by atoms with Crippen LogP contribution in [0.25, 0.3) is 0 Å². The first kappa shape index (κ1) is 23.0. The average molecular weight is 395 g/mol. The number of hydrogen-bond acceptors (Lipinski definition) is 5. The van der Waals surface area contributed by atoms with E-state index in [9.17, 15) is 14.4 Å². The molecule has 0 bridgehead atoms. The van der Waals surface area contributed by atoms with Crippen LogP contribution in [0.15, 0.2) is 29.2 Å². The van der Waals surface area contributed by atoms with E-state index in [0.29, 0.717) is 10.5 Å². The molecular formula is C20H30N2O4S. The van der Waals surface area contributed by atoms with Gasteiger partial charge in [0.25, 0.3) is 5.91 Å². The van der Waals surface area contributed by atoms with Crippen molar-refractivity contribution in [2.45, 2.75) is 57.7 Å². The zero-order valence-corrected chi connectivity index (χ0v) is 18.0. The van der Waals surface area contributed by atoms with Crippen LogP contribution in [0.1, 0.15) is 45.0 Å². The number of ether oxygens (including phenoxy) is 1. The van der Waals surface area contributed by atoms with Crippen LogP contribution in [-0.2, 0) is 14.3 Å². The summed E-state index contributed by atoms with van der Waals surface area (Å²) in [5.41, 5.74) is 0.356. The minimum Gasteiger partial charge on any atom is -0.449 e. The minimum atomic E-state index is -0.885. The highest BCUT2D eigenvalue weighted by atomic mass is 32.2. The summed E-state index contributed by atoms with van der Waals surface area (Å²) >= 11 is 1.28. The lowest BCUT2D eigenvalue weighted by Crippen LogP contribution is -2.47. The van der Waals surface area contributed by atoms with Crippen molar-refractivity contribution in [1.29, 1.82) is 0 Å². The van der Waals surface area contributed by atoms with E-state index < -0.39 is 12.1 Å². The maximum absolute atomic E-state index is 12.7. The Bertz CT molecular complexity index is 666. The number of benzene rings is 1. The highest BCUT2D eigenvalue weighted by Crippen LogP contribution is 2.24. The monoisotopic (exact) mass is 394 g/mol. The van der Waals surface area contributed by atoms with Crippen molar-refractivity contribution < 1.29 is 19.1 Å². The van der Waals surface area contributed by atoms with Crippen LogP contribution < -0.4 is 0 Å². The molecule has 0 aliphatic carbocycles. The van der Waals surface area contributed by atoms with Gasteiger partial charge in [-0.05, 0) is 46.8 Å². The molecule has 0 spiro atoms. The first-order valence-electron chi connectivity index (χ1n) is 9.01. The fourth-order valence-electron chi connectivity index (χ4n) is 2.62. The highest BCUT2D eigenvalue weighted by Gasteiger charge is 2.28. The van der Waals surface area contributed by atoms with Gasteiger partial charge in [0.05, 0.1) is 11.3 Å². The molecule has 0 N–H and O–H groups in total. The fourth-order valence-corrected chi connectivity index (χ4v) is 3.64. The highest BCUT2D eigenvalue weighted by molar-refractivity contribution is 8.00. The summed E-state index contributed by atoms with van der Waals surface area (Å²) in [6.45, 7) is 9.31. The van der Waals surface area contributed by atoms with Crippen molar-refractivity contribution in [2.75, 3.05) is 19.8 Å². The molecule has 0 aliphatic rings. The molecule has 0 heterocycles. The smallest absolute Gasteiger partial charge is 0.340 e. The first-order valence-corrected chi connectivity index (χ1v) is 9.99. The van der Waals surface area contributed by atoms with Gasteiger partial charge in [-0.1, -0.05) is 12.1 Å². The summed E-state index contributed by atoms with van der Waals surface area (Å²) in [4.78, 5) is 40.9. The first-order chi connectivity index (χ1) is 12.6. The largest absolute Gasteiger partial charge is 0.449 e. The van der Waals surface area contributed by atoms with Gasteiger partial charge in [-0.2, -0.15) is 0 Å². The molecule has 0 aliphatic heterocycles. The van der Waals surface area contributed by atoms with Crippen molar-refractivity contribution >= 4 is 29.5 Å². The predicted molar refractivity (Wildman–Crippen MR) is 108 cm³/mol. The van der Waals surface area contributed by atoms with Crippen molar-refractivity contribution in [3.8, 4) is 0 Å². The fraction of sp³-hybridized carbons (Fsp3) is 0.550. The molecule has 2 amide bonds. The Labute approximate surface area is 166 Å². The molecule has 6 nitrogen and oxygen atoms in total. The van der Waals surface area contributed by atoms with Gasteiger partial charge in [0.15, 0.2) is 6.10 Å². The molecule has 0 aromatic heterocycles. The van der Waals surface area contributed by atoms with Crippen molar-refractivity contribution in [1.82, 2.24) is 9.80 Å². The minimum absolute atomic E-state index is 0.0125. The van der Waals surface area contributed by atoms with E-state index >= 15 is 0 Å². The van der Waals surface area contributed by atoms with Crippen LogP contribution in [0.5, 0.6) is 0 Å².